The Kier molecular flexibility index (Phi) is 2.84. The lowest BCUT2D eigenvalue weighted by Gasteiger charge is -2.06. The molecule has 0 unspecified atom stereocenters. The van der Waals surface area contributed by atoms with Crippen molar-refractivity contribution in [1.82, 2.24) is 0 Å². The van der Waals surface area contributed by atoms with E-state index in [4.69, 9.17) is 0 Å². The third kappa shape index (κ3) is 2.43. The van der Waals surface area contributed by atoms with Crippen LogP contribution in [0.5, 0.6) is 0 Å². The van der Waals surface area contributed by atoms with E-state index < -0.39 is 5.09 Å². The largest absolute Gasteiger partial charge is 0.309 e. The minimum absolute atomic E-state index is 0.0283. The normalized spacial score (nSPS) is 9.69. The van der Waals surface area contributed by atoms with E-state index in [0.29, 0.717) is 0 Å². The van der Waals surface area contributed by atoms with Crippen LogP contribution >= 0.6 is 0 Å². The molecule has 0 atom stereocenters. The van der Waals surface area contributed by atoms with Crippen molar-refractivity contribution in [2.75, 3.05) is 0 Å². The number of nitrogens with zero attached hydrogens (tertiary/aromatic N) is 1. The van der Waals surface area contributed by atoms with Gasteiger partial charge in [0.2, 0.25) is 0 Å². The molecule has 1 aromatic carbocycles. The van der Waals surface area contributed by atoms with E-state index in [-0.39, 0.29) is 6.61 Å². The van der Waals surface area contributed by atoms with Gasteiger partial charge in [0.05, 0.1) is 0 Å². The second kappa shape index (κ2) is 3.89. The van der Waals surface area contributed by atoms with Crippen molar-refractivity contribution in [2.45, 2.75) is 20.5 Å². The quantitative estimate of drug-likeness (QED) is 0.529. The monoisotopic (exact) mass is 181 g/mol. The molecule has 0 N–H and O–H groups in total. The summed E-state index contributed by atoms with van der Waals surface area (Å²) in [6, 6.07) is 5.65. The summed E-state index contributed by atoms with van der Waals surface area (Å²) < 4.78 is 0. The Morgan fingerprint density at radius 3 is 2.77 bits per heavy atom. The van der Waals surface area contributed by atoms with Crippen LogP contribution in [-0.2, 0) is 11.4 Å². The molecule has 0 amide bonds. The number of rotatable bonds is 3. The van der Waals surface area contributed by atoms with Gasteiger partial charge in [-0.2, -0.15) is 0 Å². The zero-order valence-corrected chi connectivity index (χ0v) is 7.61. The van der Waals surface area contributed by atoms with Crippen molar-refractivity contribution in [3.63, 3.8) is 0 Å². The molecule has 13 heavy (non-hydrogen) atoms. The van der Waals surface area contributed by atoms with Gasteiger partial charge in [0, 0.05) is 0 Å². The van der Waals surface area contributed by atoms with Gasteiger partial charge in [-0.05, 0) is 30.5 Å². The van der Waals surface area contributed by atoms with Crippen molar-refractivity contribution in [2.24, 2.45) is 0 Å². The number of aryl methyl sites for hydroxylation is 1. The van der Waals surface area contributed by atoms with Crippen LogP contribution in [0.25, 0.3) is 0 Å². The molecule has 0 heterocycles. The highest BCUT2D eigenvalue weighted by Gasteiger charge is 2.02. The molecule has 0 saturated heterocycles. The average Bonchev–Trinajstić information content (AvgIpc) is 2.07. The molecule has 0 fully saturated rings. The maximum atomic E-state index is 9.95. The zero-order valence-electron chi connectivity index (χ0n) is 7.61. The Labute approximate surface area is 76.2 Å². The van der Waals surface area contributed by atoms with Crippen LogP contribution in [0.2, 0.25) is 0 Å². The van der Waals surface area contributed by atoms with Crippen LogP contribution in [0.4, 0.5) is 0 Å². The molecule has 0 spiro atoms. The lowest BCUT2D eigenvalue weighted by molar-refractivity contribution is -0.763. The van der Waals surface area contributed by atoms with Crippen LogP contribution in [0, 0.1) is 24.0 Å². The Morgan fingerprint density at radius 2 is 2.15 bits per heavy atom. The highest BCUT2D eigenvalue weighted by Crippen LogP contribution is 2.13. The Bertz CT molecular complexity index is 323. The van der Waals surface area contributed by atoms with Crippen LogP contribution in [0.15, 0.2) is 18.2 Å². The Morgan fingerprint density at radius 1 is 1.46 bits per heavy atom. The minimum atomic E-state index is -0.776. The Hall–Kier alpha value is -1.58. The molecule has 4 nitrogen and oxygen atoms in total. The standard InChI is InChI=1S/C9H11NO3/c1-7-4-3-5-9(8(7)2)6-13-10(11)12/h3-5H,6H2,1-2H3. The predicted molar refractivity (Wildman–Crippen MR) is 47.7 cm³/mol. The SMILES string of the molecule is Cc1cccc(CO[N+](=O)[O-])c1C. The minimum Gasteiger partial charge on any atom is -0.309 e. The summed E-state index contributed by atoms with van der Waals surface area (Å²) in [6.45, 7) is 3.92. The van der Waals surface area contributed by atoms with Crippen LogP contribution < -0.4 is 0 Å². The van der Waals surface area contributed by atoms with Crippen molar-refractivity contribution in [3.8, 4) is 0 Å². The van der Waals surface area contributed by atoms with E-state index in [0.717, 1.165) is 16.7 Å². The average molecular weight is 181 g/mol. The van der Waals surface area contributed by atoms with Gasteiger partial charge in [0.15, 0.2) is 0 Å². The van der Waals surface area contributed by atoms with Crippen LogP contribution in [-0.4, -0.2) is 5.09 Å². The van der Waals surface area contributed by atoms with E-state index in [1.807, 2.05) is 32.0 Å². The molecule has 70 valence electrons. The molecule has 0 saturated carbocycles. The lowest BCUT2D eigenvalue weighted by atomic mass is 10.0. The van der Waals surface area contributed by atoms with Gasteiger partial charge >= 0.3 is 0 Å². The fourth-order valence-electron chi connectivity index (χ4n) is 1.09. The first-order valence-electron chi connectivity index (χ1n) is 3.93. The first-order valence-corrected chi connectivity index (χ1v) is 3.93. The van der Waals surface area contributed by atoms with E-state index in [9.17, 15) is 10.1 Å². The fourth-order valence-corrected chi connectivity index (χ4v) is 1.09. The summed E-state index contributed by atoms with van der Waals surface area (Å²) in [5.41, 5.74) is 3.02. The van der Waals surface area contributed by atoms with Crippen LogP contribution in [0.3, 0.4) is 0 Å². The zero-order chi connectivity index (χ0) is 9.84. The third-order valence-electron chi connectivity index (χ3n) is 2.04. The van der Waals surface area contributed by atoms with Gasteiger partial charge in [0.1, 0.15) is 6.61 Å². The topological polar surface area (TPSA) is 52.4 Å². The molecule has 0 aliphatic carbocycles. The molecule has 4 heteroatoms. The summed E-state index contributed by atoms with van der Waals surface area (Å²) in [6.07, 6.45) is 0. The number of hydrogen-bond acceptors (Lipinski definition) is 3. The maximum Gasteiger partial charge on any atom is 0.294 e. The van der Waals surface area contributed by atoms with Gasteiger partial charge in [0.25, 0.3) is 5.09 Å². The summed E-state index contributed by atoms with van der Waals surface area (Å²) in [4.78, 5) is 14.2. The van der Waals surface area contributed by atoms with Gasteiger partial charge in [-0.3, -0.25) is 0 Å². The van der Waals surface area contributed by atoms with E-state index in [1.165, 1.54) is 0 Å². The summed E-state index contributed by atoms with van der Waals surface area (Å²) in [5.74, 6) is 0. The molecule has 0 bridgehead atoms. The van der Waals surface area contributed by atoms with Gasteiger partial charge in [-0.15, -0.1) is 10.1 Å². The maximum absolute atomic E-state index is 9.95. The van der Waals surface area contributed by atoms with Gasteiger partial charge < -0.3 is 4.84 Å². The second-order valence-corrected chi connectivity index (χ2v) is 2.86. The van der Waals surface area contributed by atoms with Crippen molar-refractivity contribution >= 4 is 0 Å². The first-order chi connectivity index (χ1) is 6.11. The van der Waals surface area contributed by atoms with Gasteiger partial charge in [-0.1, -0.05) is 18.2 Å². The van der Waals surface area contributed by atoms with E-state index >= 15 is 0 Å². The highest BCUT2D eigenvalue weighted by atomic mass is 16.9. The molecule has 1 rings (SSSR count). The lowest BCUT2D eigenvalue weighted by Crippen LogP contribution is -2.02. The molecule has 0 aliphatic heterocycles. The first kappa shape index (κ1) is 9.51. The second-order valence-electron chi connectivity index (χ2n) is 2.86. The molecular formula is C9H11NO3. The van der Waals surface area contributed by atoms with Crippen molar-refractivity contribution < 1.29 is 9.92 Å². The van der Waals surface area contributed by atoms with Gasteiger partial charge in [-0.25, -0.2) is 0 Å². The molecule has 1 aromatic rings. The molecule has 0 aromatic heterocycles. The summed E-state index contributed by atoms with van der Waals surface area (Å²) in [5, 5.41) is 9.18. The Balaban J connectivity index is 2.77. The predicted octanol–water partition coefficient (Wildman–Crippen LogP) is 2.01. The third-order valence-corrected chi connectivity index (χ3v) is 2.04. The molecular weight excluding hydrogens is 170 g/mol. The smallest absolute Gasteiger partial charge is 0.294 e. The number of hydrogen-bond donors (Lipinski definition) is 0. The summed E-state index contributed by atoms with van der Waals surface area (Å²) in [7, 11) is 0. The van der Waals surface area contributed by atoms with Crippen LogP contribution in [0.1, 0.15) is 16.7 Å². The van der Waals surface area contributed by atoms with Crippen molar-refractivity contribution in [1.29, 1.82) is 0 Å². The van der Waals surface area contributed by atoms with E-state index in [2.05, 4.69) is 4.84 Å². The fraction of sp³-hybridized carbons (Fsp3) is 0.333. The molecule has 0 aliphatic rings. The van der Waals surface area contributed by atoms with Crippen molar-refractivity contribution in [3.05, 3.63) is 45.0 Å². The number of benzene rings is 1. The highest BCUT2D eigenvalue weighted by molar-refractivity contribution is 5.32. The summed E-state index contributed by atoms with van der Waals surface area (Å²) >= 11 is 0. The molecule has 0 radical (unpaired) electrons. The van der Waals surface area contributed by atoms with E-state index in [1.54, 1.807) is 0 Å².